The van der Waals surface area contributed by atoms with Gasteiger partial charge in [-0.3, -0.25) is 9.59 Å². The number of carbonyl (C=O) groups excluding carboxylic acids is 2. The fraction of sp³-hybridized carbons (Fsp3) is 0.750. The van der Waals surface area contributed by atoms with Crippen LogP contribution in [0.25, 0.3) is 0 Å². The van der Waals surface area contributed by atoms with E-state index in [-0.39, 0.29) is 23.7 Å². The second kappa shape index (κ2) is 3.14. The van der Waals surface area contributed by atoms with Crippen LogP contribution in [0.15, 0.2) is 0 Å². The van der Waals surface area contributed by atoms with Crippen molar-refractivity contribution in [2.24, 2.45) is 23.7 Å². The van der Waals surface area contributed by atoms with Gasteiger partial charge in [0.05, 0.1) is 11.8 Å². The standard InChI is InChI=1S/C8H8Cl2O3/c9-1-3-4(2-10)6-5(3)7(11)13-8(6)12/h3-6H,1-2H2/t3-,4-,5-,6+/m0/s1. The number of cyclic esters (lactones) is 2. The molecule has 4 atom stereocenters. The third-order valence-electron chi connectivity index (χ3n) is 2.96. The molecule has 1 heterocycles. The molecule has 0 bridgehead atoms. The summed E-state index contributed by atoms with van der Waals surface area (Å²) in [5, 5.41) is 0. The van der Waals surface area contributed by atoms with E-state index in [2.05, 4.69) is 4.74 Å². The van der Waals surface area contributed by atoms with E-state index in [1.165, 1.54) is 0 Å². The predicted molar refractivity (Wildman–Crippen MR) is 46.5 cm³/mol. The van der Waals surface area contributed by atoms with Gasteiger partial charge in [-0.1, -0.05) is 0 Å². The Labute approximate surface area is 85.3 Å². The topological polar surface area (TPSA) is 43.4 Å². The molecule has 0 N–H and O–H groups in total. The van der Waals surface area contributed by atoms with Crippen molar-refractivity contribution in [2.75, 3.05) is 11.8 Å². The summed E-state index contributed by atoms with van der Waals surface area (Å²) in [5.74, 6) is -0.750. The minimum Gasteiger partial charge on any atom is -0.393 e. The lowest BCUT2D eigenvalue weighted by Crippen LogP contribution is -2.50. The van der Waals surface area contributed by atoms with Gasteiger partial charge in [0.2, 0.25) is 0 Å². The summed E-state index contributed by atoms with van der Waals surface area (Å²) in [6.07, 6.45) is 0. The molecular formula is C8H8Cl2O3. The van der Waals surface area contributed by atoms with Crippen molar-refractivity contribution in [3.05, 3.63) is 0 Å². The van der Waals surface area contributed by atoms with Crippen LogP contribution in [-0.2, 0) is 14.3 Å². The first-order valence-electron chi connectivity index (χ1n) is 4.08. The molecule has 3 nitrogen and oxygen atoms in total. The fourth-order valence-corrected chi connectivity index (χ4v) is 3.06. The van der Waals surface area contributed by atoms with Gasteiger partial charge >= 0.3 is 11.9 Å². The summed E-state index contributed by atoms with van der Waals surface area (Å²) in [6, 6.07) is 0. The van der Waals surface area contributed by atoms with E-state index < -0.39 is 11.9 Å². The van der Waals surface area contributed by atoms with Crippen molar-refractivity contribution < 1.29 is 14.3 Å². The summed E-state index contributed by atoms with van der Waals surface area (Å²) in [4.78, 5) is 22.3. The first kappa shape index (κ1) is 9.28. The van der Waals surface area contributed by atoms with Crippen LogP contribution in [0.5, 0.6) is 0 Å². The lowest BCUT2D eigenvalue weighted by atomic mass is 9.59. The molecule has 2 rings (SSSR count). The summed E-state index contributed by atoms with van der Waals surface area (Å²) in [7, 11) is 0. The molecule has 1 aliphatic heterocycles. The highest BCUT2D eigenvalue weighted by atomic mass is 35.5. The summed E-state index contributed by atoms with van der Waals surface area (Å²) < 4.78 is 4.52. The lowest BCUT2D eigenvalue weighted by molar-refractivity contribution is -0.153. The van der Waals surface area contributed by atoms with E-state index in [1.807, 2.05) is 0 Å². The number of rotatable bonds is 2. The van der Waals surface area contributed by atoms with Crippen LogP contribution < -0.4 is 0 Å². The lowest BCUT2D eigenvalue weighted by Gasteiger charge is -2.42. The number of hydrogen-bond donors (Lipinski definition) is 0. The number of ether oxygens (including phenoxy) is 1. The van der Waals surface area contributed by atoms with Gasteiger partial charge in [-0.15, -0.1) is 23.2 Å². The third kappa shape index (κ3) is 1.10. The molecule has 0 aromatic carbocycles. The molecule has 2 fully saturated rings. The Balaban J connectivity index is 2.20. The number of hydrogen-bond acceptors (Lipinski definition) is 3. The molecule has 0 aromatic rings. The minimum atomic E-state index is -0.429. The van der Waals surface area contributed by atoms with Crippen LogP contribution in [0.1, 0.15) is 0 Å². The van der Waals surface area contributed by atoms with Crippen LogP contribution in [0, 0.1) is 23.7 Å². The highest BCUT2D eigenvalue weighted by molar-refractivity contribution is 6.20. The quantitative estimate of drug-likeness (QED) is 0.399. The largest absolute Gasteiger partial charge is 0.393 e. The summed E-state index contributed by atoms with van der Waals surface area (Å²) in [6.45, 7) is 0. The van der Waals surface area contributed by atoms with Crippen molar-refractivity contribution in [1.29, 1.82) is 0 Å². The van der Waals surface area contributed by atoms with Crippen molar-refractivity contribution >= 4 is 35.1 Å². The number of esters is 2. The highest BCUT2D eigenvalue weighted by Crippen LogP contribution is 2.51. The number of halogens is 2. The highest BCUT2D eigenvalue weighted by Gasteiger charge is 2.62. The molecular weight excluding hydrogens is 215 g/mol. The molecule has 1 saturated carbocycles. The fourth-order valence-electron chi connectivity index (χ4n) is 2.22. The van der Waals surface area contributed by atoms with E-state index in [4.69, 9.17) is 23.2 Å². The Morgan fingerprint density at radius 3 is 1.69 bits per heavy atom. The van der Waals surface area contributed by atoms with Gasteiger partial charge in [-0.05, 0) is 11.8 Å². The van der Waals surface area contributed by atoms with Crippen LogP contribution in [-0.4, -0.2) is 23.7 Å². The molecule has 5 heteroatoms. The smallest absolute Gasteiger partial charge is 0.317 e. The molecule has 0 unspecified atom stereocenters. The monoisotopic (exact) mass is 222 g/mol. The summed E-state index contributed by atoms with van der Waals surface area (Å²) in [5.41, 5.74) is 0. The Morgan fingerprint density at radius 2 is 1.38 bits per heavy atom. The molecule has 72 valence electrons. The molecule has 1 aliphatic carbocycles. The average molecular weight is 223 g/mol. The van der Waals surface area contributed by atoms with E-state index in [0.717, 1.165) is 0 Å². The Hall–Kier alpha value is -0.280. The van der Waals surface area contributed by atoms with Crippen molar-refractivity contribution in [1.82, 2.24) is 0 Å². The van der Waals surface area contributed by atoms with E-state index in [9.17, 15) is 9.59 Å². The number of alkyl halides is 2. The number of carbonyl (C=O) groups is 2. The first-order valence-corrected chi connectivity index (χ1v) is 5.15. The molecule has 0 aromatic heterocycles. The Morgan fingerprint density at radius 1 is 1.00 bits per heavy atom. The Bertz CT molecular complexity index is 240. The third-order valence-corrected chi connectivity index (χ3v) is 3.67. The average Bonchev–Trinajstić information content (AvgIpc) is 2.25. The van der Waals surface area contributed by atoms with Crippen LogP contribution in [0.3, 0.4) is 0 Å². The second-order valence-electron chi connectivity index (χ2n) is 3.43. The molecule has 1 saturated heterocycles. The van der Waals surface area contributed by atoms with Gasteiger partial charge in [0, 0.05) is 11.8 Å². The number of fused-ring (bicyclic) bond motifs is 1. The predicted octanol–water partition coefficient (Wildman–Crippen LogP) is 1.03. The van der Waals surface area contributed by atoms with Crippen molar-refractivity contribution in [3.8, 4) is 0 Å². The van der Waals surface area contributed by atoms with Gasteiger partial charge in [-0.25, -0.2) is 0 Å². The van der Waals surface area contributed by atoms with Crippen LogP contribution in [0.4, 0.5) is 0 Å². The van der Waals surface area contributed by atoms with Crippen molar-refractivity contribution in [3.63, 3.8) is 0 Å². The van der Waals surface area contributed by atoms with Crippen LogP contribution >= 0.6 is 23.2 Å². The Kier molecular flexibility index (Phi) is 2.24. The van der Waals surface area contributed by atoms with E-state index in [1.54, 1.807) is 0 Å². The van der Waals surface area contributed by atoms with Gasteiger partial charge in [-0.2, -0.15) is 0 Å². The zero-order chi connectivity index (χ0) is 9.59. The van der Waals surface area contributed by atoms with E-state index in [0.29, 0.717) is 11.8 Å². The second-order valence-corrected chi connectivity index (χ2v) is 4.05. The zero-order valence-corrected chi connectivity index (χ0v) is 8.22. The van der Waals surface area contributed by atoms with Gasteiger partial charge in [0.1, 0.15) is 0 Å². The molecule has 2 aliphatic rings. The maximum Gasteiger partial charge on any atom is 0.317 e. The van der Waals surface area contributed by atoms with Gasteiger partial charge < -0.3 is 4.74 Å². The molecule has 0 radical (unpaired) electrons. The normalized spacial score (nSPS) is 42.6. The minimum absolute atomic E-state index is 0.0168. The molecule has 13 heavy (non-hydrogen) atoms. The molecule has 0 spiro atoms. The SMILES string of the molecule is O=C1OC(=O)[C@H]2[C@@H](CCl)[C@H](CCl)[C@@H]12. The van der Waals surface area contributed by atoms with Crippen LogP contribution in [0.2, 0.25) is 0 Å². The van der Waals surface area contributed by atoms with Gasteiger partial charge in [0.25, 0.3) is 0 Å². The van der Waals surface area contributed by atoms with E-state index >= 15 is 0 Å². The maximum absolute atomic E-state index is 11.1. The summed E-state index contributed by atoms with van der Waals surface area (Å²) >= 11 is 11.4. The first-order chi connectivity index (χ1) is 6.20. The zero-order valence-electron chi connectivity index (χ0n) is 6.70. The van der Waals surface area contributed by atoms with Crippen molar-refractivity contribution in [2.45, 2.75) is 0 Å². The molecule has 0 amide bonds. The maximum atomic E-state index is 11.1. The van der Waals surface area contributed by atoms with Gasteiger partial charge in [0.15, 0.2) is 0 Å².